The van der Waals surface area contributed by atoms with Gasteiger partial charge in [-0.1, -0.05) is 0 Å². The zero-order chi connectivity index (χ0) is 3.70. The van der Waals surface area contributed by atoms with Gasteiger partial charge in [-0.3, -0.25) is 0 Å². The lowest BCUT2D eigenvalue weighted by Crippen LogP contribution is -1.39. The lowest BCUT2D eigenvalue weighted by molar-refractivity contribution is 2.10. The monoisotopic (exact) mass is 61.0 g/mol. The summed E-state index contributed by atoms with van der Waals surface area (Å²) in [5.41, 5.74) is 3.47. The van der Waals surface area contributed by atoms with Crippen LogP contribution in [0, 0.1) is 12.3 Å². The van der Waals surface area contributed by atoms with Gasteiger partial charge in [-0.25, -0.2) is 0 Å². The Morgan fingerprint density at radius 1 is 2.00 bits per heavy atom. The molecule has 0 unspecified atom stereocenters. The van der Waals surface area contributed by atoms with Crippen molar-refractivity contribution in [1.29, 1.82) is 0 Å². The molecule has 0 fully saturated rings. The van der Waals surface area contributed by atoms with Gasteiger partial charge in [0.2, 0.25) is 0 Å². The molecule has 0 aromatic rings. The highest BCUT2D eigenvalue weighted by Crippen LogP contribution is 2.00. The topological polar surface area (TPSA) is 0 Å². The summed E-state index contributed by atoms with van der Waals surface area (Å²) in [6.07, 6.45) is 8.05. The van der Waals surface area contributed by atoms with Gasteiger partial charge in [0.05, 0.1) is 5.57 Å². The van der Waals surface area contributed by atoms with Crippen molar-refractivity contribution >= 4 is 0 Å². The maximum Gasteiger partial charge on any atom is 0.0752 e. The lowest BCUT2D eigenvalue weighted by atomic mass is 10.5. The number of hydrogen-bond donors (Lipinski definition) is 0. The van der Waals surface area contributed by atoms with Gasteiger partial charge >= 0.3 is 0 Å². The molecule has 0 aromatic heterocycles. The minimum atomic E-state index is 0.796. The Kier molecular flexibility index (Phi) is 0.240. The Morgan fingerprint density at radius 3 is 2.60 bits per heavy atom. The van der Waals surface area contributed by atoms with Crippen LogP contribution in [0.4, 0.5) is 0 Å². The van der Waals surface area contributed by atoms with E-state index < -0.39 is 0 Å². The molecule has 0 spiro atoms. The molecule has 0 atom stereocenters. The van der Waals surface area contributed by atoms with E-state index in [1.807, 2.05) is 0 Å². The fourth-order valence-electron chi connectivity index (χ4n) is 0.108. The van der Waals surface area contributed by atoms with Gasteiger partial charge in [0.1, 0.15) is 0 Å². The predicted octanol–water partition coefficient (Wildman–Crippen LogP) is 0.671. The van der Waals surface area contributed by atoms with Crippen LogP contribution in [-0.2, 0) is 0 Å². The molecule has 0 amide bonds. The zero-order valence-corrected chi connectivity index (χ0v) is 2.58. The van der Waals surface area contributed by atoms with Crippen molar-refractivity contribution in [3.8, 4) is 5.92 Å². The van der Waals surface area contributed by atoms with Gasteiger partial charge in [0.25, 0.3) is 0 Å². The highest BCUT2D eigenvalue weighted by Gasteiger charge is 1.88. The molecular formula is C5H. The first kappa shape index (κ1) is 2.33. The Morgan fingerprint density at radius 2 is 2.60 bits per heavy atom. The summed E-state index contributed by atoms with van der Waals surface area (Å²) >= 11 is 0. The Bertz CT molecular complexity index is 138. The lowest BCUT2D eigenvalue weighted by Gasteiger charge is -1.48. The Balaban J connectivity index is 2.69. The van der Waals surface area contributed by atoms with E-state index in [2.05, 4.69) is 11.7 Å². The number of hydrogen-bond acceptors (Lipinski definition) is 0. The van der Waals surface area contributed by atoms with E-state index in [0.717, 1.165) is 5.57 Å². The average Bonchev–Trinajstić information content (AvgIpc) is 2.12. The smallest absolute Gasteiger partial charge is 0.0752 e. The van der Waals surface area contributed by atoms with E-state index >= 15 is 0 Å². The fraction of sp³-hybridized carbons (Fsp3) is 0. The summed E-state index contributed by atoms with van der Waals surface area (Å²) in [4.78, 5) is 0. The van der Waals surface area contributed by atoms with Gasteiger partial charge in [0, 0.05) is 6.08 Å². The number of allylic oxidation sites excluding steroid dienone is 1. The van der Waals surface area contributed by atoms with Crippen LogP contribution >= 0.6 is 0 Å². The molecule has 21 valence electrons. The first-order valence-corrected chi connectivity index (χ1v) is 1.33. The molecule has 0 bridgehead atoms. The van der Waals surface area contributed by atoms with Crippen LogP contribution in [-0.4, -0.2) is 0 Å². The maximum atomic E-state index is 6.34. The largest absolute Gasteiger partial charge is 0.101 e. The molecule has 1 aliphatic rings. The van der Waals surface area contributed by atoms with E-state index in [9.17, 15) is 0 Å². The minimum Gasteiger partial charge on any atom is -0.101 e. The van der Waals surface area contributed by atoms with Gasteiger partial charge in [-0.15, -0.1) is 5.73 Å². The molecule has 1 aliphatic carbocycles. The molecule has 0 aliphatic heterocycles. The second kappa shape index (κ2) is 0.516. The molecule has 0 heteroatoms. The zero-order valence-electron chi connectivity index (χ0n) is 2.58. The first-order chi connectivity index (χ1) is 2.43. The molecular weight excluding hydrogens is 60.1 g/mol. The summed E-state index contributed by atoms with van der Waals surface area (Å²) in [5, 5.41) is 0. The van der Waals surface area contributed by atoms with Crippen molar-refractivity contribution in [2.75, 3.05) is 0 Å². The average molecular weight is 61.1 g/mol. The van der Waals surface area contributed by atoms with Gasteiger partial charge < -0.3 is 0 Å². The van der Waals surface area contributed by atoms with Crippen LogP contribution in [0.25, 0.3) is 0 Å². The van der Waals surface area contributed by atoms with E-state index in [0.29, 0.717) is 0 Å². The third-order valence-corrected chi connectivity index (χ3v) is 0.423. The van der Waals surface area contributed by atoms with Crippen LogP contribution in [0.1, 0.15) is 0 Å². The summed E-state index contributed by atoms with van der Waals surface area (Å²) < 4.78 is 0. The van der Waals surface area contributed by atoms with Crippen molar-refractivity contribution in [3.63, 3.8) is 0 Å². The van der Waals surface area contributed by atoms with Crippen LogP contribution in [0.5, 0.6) is 0 Å². The van der Waals surface area contributed by atoms with Crippen molar-refractivity contribution in [3.05, 3.63) is 23.8 Å². The summed E-state index contributed by atoms with van der Waals surface area (Å²) in [7, 11) is 0. The fourth-order valence-corrected chi connectivity index (χ4v) is 0.108. The summed E-state index contributed by atoms with van der Waals surface area (Å²) in [6.45, 7) is 0. The van der Waals surface area contributed by atoms with Gasteiger partial charge in [-0.05, 0) is 12.3 Å². The first-order valence-electron chi connectivity index (χ1n) is 1.33. The van der Waals surface area contributed by atoms with Crippen molar-refractivity contribution in [1.82, 2.24) is 0 Å². The standard InChI is InChI=1S/C5H/c1-2-5-3-4-5/h3H. The maximum absolute atomic E-state index is 6.34. The van der Waals surface area contributed by atoms with Crippen molar-refractivity contribution in [2.24, 2.45) is 0 Å². The predicted molar refractivity (Wildman–Crippen MR) is 18.7 cm³/mol. The van der Waals surface area contributed by atoms with Crippen LogP contribution < -0.4 is 0 Å². The Labute approximate surface area is 30.8 Å². The minimum absolute atomic E-state index is 0.796. The molecule has 0 saturated heterocycles. The van der Waals surface area contributed by atoms with Crippen molar-refractivity contribution < 1.29 is 0 Å². The van der Waals surface area contributed by atoms with E-state index in [4.69, 9.17) is 6.42 Å². The molecule has 1 rings (SSSR count). The summed E-state index contributed by atoms with van der Waals surface area (Å²) in [5.74, 6) is 2.14. The molecule has 1 radical (unpaired) electrons. The van der Waals surface area contributed by atoms with Gasteiger partial charge in [-0.2, -0.15) is 0 Å². The quantitative estimate of drug-likeness (QED) is 0.285. The highest BCUT2D eigenvalue weighted by atomic mass is 13.9. The second-order valence-corrected chi connectivity index (χ2v) is 0.827. The summed E-state index contributed by atoms with van der Waals surface area (Å²) in [6, 6.07) is 0. The van der Waals surface area contributed by atoms with Crippen LogP contribution in [0.15, 0.2) is 17.4 Å². The molecule has 0 N–H and O–H groups in total. The van der Waals surface area contributed by atoms with E-state index in [1.165, 1.54) is 0 Å². The SMILES string of the molecule is [C]#CC1=C=C1. The highest BCUT2D eigenvalue weighted by molar-refractivity contribution is 5.44. The third kappa shape index (κ3) is 0.216. The molecule has 0 saturated carbocycles. The van der Waals surface area contributed by atoms with E-state index in [-0.39, 0.29) is 0 Å². The van der Waals surface area contributed by atoms with E-state index in [1.54, 1.807) is 6.08 Å². The Hall–Kier alpha value is -0.920. The normalized spacial score (nSPS) is 13.0. The number of rotatable bonds is 0. The van der Waals surface area contributed by atoms with Gasteiger partial charge in [0.15, 0.2) is 0 Å². The molecule has 0 aromatic carbocycles. The third-order valence-electron chi connectivity index (χ3n) is 0.423. The van der Waals surface area contributed by atoms with Crippen molar-refractivity contribution in [2.45, 2.75) is 0 Å². The van der Waals surface area contributed by atoms with Crippen LogP contribution in [0.2, 0.25) is 0 Å². The second-order valence-electron chi connectivity index (χ2n) is 0.827. The molecule has 5 heavy (non-hydrogen) atoms. The molecule has 0 heterocycles. The molecule has 0 nitrogen and oxygen atoms in total. The van der Waals surface area contributed by atoms with Crippen LogP contribution in [0.3, 0.4) is 0 Å².